The molecule has 1 aliphatic heterocycles. The van der Waals surface area contributed by atoms with E-state index in [0.29, 0.717) is 0 Å². The van der Waals surface area contributed by atoms with Crippen LogP contribution in [0.15, 0.2) is 36.5 Å². The number of aromatic amines is 1. The van der Waals surface area contributed by atoms with E-state index < -0.39 is 6.10 Å². The lowest BCUT2D eigenvalue weighted by atomic mass is 9.88. The van der Waals surface area contributed by atoms with E-state index >= 15 is 0 Å². The Morgan fingerprint density at radius 1 is 1.21 bits per heavy atom. The number of nitrogens with one attached hydrogen (secondary N) is 1. The van der Waals surface area contributed by atoms with Gasteiger partial charge in [-0.15, -0.1) is 0 Å². The van der Waals surface area contributed by atoms with Crippen LogP contribution in [-0.2, 0) is 4.74 Å². The first-order valence-electron chi connectivity index (χ1n) is 6.71. The van der Waals surface area contributed by atoms with Crippen molar-refractivity contribution in [2.24, 2.45) is 5.92 Å². The van der Waals surface area contributed by atoms with Gasteiger partial charge in [0, 0.05) is 18.8 Å². The van der Waals surface area contributed by atoms with Crippen molar-refractivity contribution in [2.45, 2.75) is 18.9 Å². The molecule has 100 valence electrons. The van der Waals surface area contributed by atoms with Gasteiger partial charge < -0.3 is 9.84 Å². The second-order valence-electron chi connectivity index (χ2n) is 4.96. The van der Waals surface area contributed by atoms with Gasteiger partial charge in [-0.25, -0.2) is 0 Å². The molecule has 0 spiro atoms. The van der Waals surface area contributed by atoms with E-state index in [9.17, 15) is 5.11 Å². The van der Waals surface area contributed by atoms with Crippen LogP contribution < -0.4 is 0 Å². The highest BCUT2D eigenvalue weighted by molar-refractivity contribution is 5.62. The minimum atomic E-state index is -0.474. The molecule has 1 aromatic heterocycles. The monoisotopic (exact) mass is 258 g/mol. The normalized spacial score (nSPS) is 18.4. The number of rotatable bonds is 3. The summed E-state index contributed by atoms with van der Waals surface area (Å²) in [6.45, 7) is 1.47. The summed E-state index contributed by atoms with van der Waals surface area (Å²) in [6.07, 6.45) is 3.07. The summed E-state index contributed by atoms with van der Waals surface area (Å²) in [7, 11) is 0. The Labute approximate surface area is 112 Å². The van der Waals surface area contributed by atoms with Crippen LogP contribution in [0.5, 0.6) is 0 Å². The summed E-state index contributed by atoms with van der Waals surface area (Å²) in [6, 6.07) is 10.00. The van der Waals surface area contributed by atoms with Gasteiger partial charge in [-0.05, 0) is 24.3 Å². The molecule has 2 aromatic rings. The van der Waals surface area contributed by atoms with E-state index in [4.69, 9.17) is 4.74 Å². The first kappa shape index (κ1) is 12.4. The van der Waals surface area contributed by atoms with Crippen molar-refractivity contribution < 1.29 is 9.84 Å². The Bertz CT molecular complexity index is 518. The molecule has 0 bridgehead atoms. The Hall–Kier alpha value is -1.65. The fourth-order valence-electron chi connectivity index (χ4n) is 2.64. The fourth-order valence-corrected chi connectivity index (χ4v) is 2.64. The van der Waals surface area contributed by atoms with Gasteiger partial charge in [0.1, 0.15) is 0 Å². The lowest BCUT2D eigenvalue weighted by molar-refractivity contribution is 0.00740. The third-order valence-corrected chi connectivity index (χ3v) is 3.76. The zero-order valence-electron chi connectivity index (χ0n) is 10.7. The molecule has 0 amide bonds. The van der Waals surface area contributed by atoms with Crippen LogP contribution >= 0.6 is 0 Å². The molecule has 1 unspecified atom stereocenters. The highest BCUT2D eigenvalue weighted by Gasteiger charge is 2.26. The van der Waals surface area contributed by atoms with Crippen LogP contribution in [0.25, 0.3) is 11.3 Å². The van der Waals surface area contributed by atoms with Crippen LogP contribution in [0.4, 0.5) is 0 Å². The number of hydrogen-bond donors (Lipinski definition) is 2. The van der Waals surface area contributed by atoms with Gasteiger partial charge in [-0.2, -0.15) is 5.10 Å². The second-order valence-corrected chi connectivity index (χ2v) is 4.96. The molecule has 2 N–H and O–H groups in total. The molecule has 1 aromatic carbocycles. The smallest absolute Gasteiger partial charge is 0.0856 e. The zero-order chi connectivity index (χ0) is 13.1. The van der Waals surface area contributed by atoms with Crippen LogP contribution in [0, 0.1) is 5.92 Å². The van der Waals surface area contributed by atoms with E-state index in [1.54, 1.807) is 6.20 Å². The van der Waals surface area contributed by atoms with Crippen LogP contribution in [0.2, 0.25) is 0 Å². The van der Waals surface area contributed by atoms with Gasteiger partial charge in [0.25, 0.3) is 0 Å². The molecule has 0 saturated carbocycles. The molecule has 19 heavy (non-hydrogen) atoms. The van der Waals surface area contributed by atoms with Gasteiger partial charge in [0.2, 0.25) is 0 Å². The van der Waals surface area contributed by atoms with Gasteiger partial charge in [0.05, 0.1) is 18.0 Å². The largest absolute Gasteiger partial charge is 0.388 e. The Morgan fingerprint density at radius 3 is 2.68 bits per heavy atom. The Kier molecular flexibility index (Phi) is 3.62. The first-order chi connectivity index (χ1) is 9.36. The predicted octanol–water partition coefficient (Wildman–Crippen LogP) is 2.54. The van der Waals surface area contributed by atoms with E-state index in [1.165, 1.54) is 0 Å². The maximum absolute atomic E-state index is 10.6. The number of hydrogen-bond acceptors (Lipinski definition) is 3. The van der Waals surface area contributed by atoms with Gasteiger partial charge >= 0.3 is 0 Å². The number of nitrogens with zero attached hydrogens (tertiary/aromatic N) is 1. The minimum Gasteiger partial charge on any atom is -0.388 e. The lowest BCUT2D eigenvalue weighted by Crippen LogP contribution is -2.22. The number of H-pyrrole nitrogens is 1. The van der Waals surface area contributed by atoms with Crippen molar-refractivity contribution in [3.8, 4) is 11.3 Å². The number of benzene rings is 1. The molecule has 3 rings (SSSR count). The molecule has 2 heterocycles. The van der Waals surface area contributed by atoms with Crippen LogP contribution in [0.1, 0.15) is 24.5 Å². The van der Waals surface area contributed by atoms with Crippen molar-refractivity contribution in [3.05, 3.63) is 42.1 Å². The fraction of sp³-hybridized carbons (Fsp3) is 0.400. The molecular formula is C15H18N2O2. The summed E-state index contributed by atoms with van der Waals surface area (Å²) in [5.74, 6) is 0.258. The standard InChI is InChI=1S/C15H18N2O2/c18-15(12-6-8-19-9-7-12)13-10-16-17-14(13)11-4-2-1-3-5-11/h1-5,10,12,15,18H,6-9H2,(H,16,17). The van der Waals surface area contributed by atoms with E-state index in [2.05, 4.69) is 10.2 Å². The lowest BCUT2D eigenvalue weighted by Gasteiger charge is -2.26. The van der Waals surface area contributed by atoms with E-state index in [1.807, 2.05) is 30.3 Å². The van der Waals surface area contributed by atoms with Crippen LogP contribution in [-0.4, -0.2) is 28.5 Å². The third-order valence-electron chi connectivity index (χ3n) is 3.76. The summed E-state index contributed by atoms with van der Waals surface area (Å²) in [5, 5.41) is 17.7. The Balaban J connectivity index is 1.87. The third kappa shape index (κ3) is 2.55. The zero-order valence-corrected chi connectivity index (χ0v) is 10.7. The molecule has 4 heteroatoms. The highest BCUT2D eigenvalue weighted by Crippen LogP contribution is 2.34. The first-order valence-corrected chi connectivity index (χ1v) is 6.71. The minimum absolute atomic E-state index is 0.258. The average Bonchev–Trinajstić information content (AvgIpc) is 2.98. The number of ether oxygens (including phenoxy) is 1. The van der Waals surface area contributed by atoms with Crippen molar-refractivity contribution in [2.75, 3.05) is 13.2 Å². The summed E-state index contributed by atoms with van der Waals surface area (Å²) in [5.41, 5.74) is 2.86. The average molecular weight is 258 g/mol. The number of aromatic nitrogens is 2. The number of aliphatic hydroxyl groups excluding tert-OH is 1. The maximum Gasteiger partial charge on any atom is 0.0856 e. The molecule has 1 fully saturated rings. The van der Waals surface area contributed by atoms with Gasteiger partial charge in [-0.1, -0.05) is 30.3 Å². The Morgan fingerprint density at radius 2 is 1.95 bits per heavy atom. The van der Waals surface area contributed by atoms with Crippen molar-refractivity contribution in [1.29, 1.82) is 0 Å². The molecular weight excluding hydrogens is 240 g/mol. The summed E-state index contributed by atoms with van der Waals surface area (Å²) < 4.78 is 5.35. The summed E-state index contributed by atoms with van der Waals surface area (Å²) >= 11 is 0. The van der Waals surface area contributed by atoms with E-state index in [-0.39, 0.29) is 5.92 Å². The molecule has 1 atom stereocenters. The number of aliphatic hydroxyl groups is 1. The molecule has 4 nitrogen and oxygen atoms in total. The van der Waals surface area contributed by atoms with Crippen LogP contribution in [0.3, 0.4) is 0 Å². The maximum atomic E-state index is 10.6. The quantitative estimate of drug-likeness (QED) is 0.889. The van der Waals surface area contributed by atoms with Crippen molar-refractivity contribution in [3.63, 3.8) is 0 Å². The highest BCUT2D eigenvalue weighted by atomic mass is 16.5. The predicted molar refractivity (Wildman–Crippen MR) is 72.5 cm³/mol. The van der Waals surface area contributed by atoms with E-state index in [0.717, 1.165) is 42.9 Å². The van der Waals surface area contributed by atoms with Crippen molar-refractivity contribution in [1.82, 2.24) is 10.2 Å². The SMILES string of the molecule is OC(c1cn[nH]c1-c1ccccc1)C1CCOCC1. The van der Waals surface area contributed by atoms with Gasteiger partial charge in [0.15, 0.2) is 0 Å². The van der Waals surface area contributed by atoms with Crippen molar-refractivity contribution >= 4 is 0 Å². The molecule has 1 saturated heterocycles. The molecule has 0 radical (unpaired) electrons. The second kappa shape index (κ2) is 5.55. The topological polar surface area (TPSA) is 58.1 Å². The molecule has 1 aliphatic rings. The summed E-state index contributed by atoms with van der Waals surface area (Å²) in [4.78, 5) is 0. The molecule has 0 aliphatic carbocycles. The van der Waals surface area contributed by atoms with Gasteiger partial charge in [-0.3, -0.25) is 5.10 Å².